The van der Waals surface area contributed by atoms with Crippen molar-refractivity contribution in [2.75, 3.05) is 17.2 Å². The van der Waals surface area contributed by atoms with Gasteiger partial charge in [0.05, 0.1) is 5.02 Å². The lowest BCUT2D eigenvalue weighted by molar-refractivity contribution is 0.256. The van der Waals surface area contributed by atoms with Crippen LogP contribution in [0.15, 0.2) is 29.2 Å². The van der Waals surface area contributed by atoms with Crippen LogP contribution in [0.2, 0.25) is 10.3 Å². The number of aromatic nitrogens is 3. The molecule has 1 aromatic heterocycles. The highest BCUT2D eigenvalue weighted by Gasteiger charge is 2.21. The Morgan fingerprint density at radius 1 is 1.12 bits per heavy atom. The Kier molecular flexibility index (Phi) is 5.75. The number of sulfonamides is 1. The zero-order chi connectivity index (χ0) is 17.7. The van der Waals surface area contributed by atoms with Gasteiger partial charge in [-0.25, -0.2) is 17.9 Å². The molecule has 2 aromatic rings. The van der Waals surface area contributed by atoms with Crippen LogP contribution in [0.4, 0.5) is 16.7 Å². The Morgan fingerprint density at radius 2 is 1.79 bits per heavy atom. The van der Waals surface area contributed by atoms with Crippen molar-refractivity contribution in [3.05, 3.63) is 34.6 Å². The molecule has 0 saturated carbocycles. The fraction of sp³-hybridized carbons (Fsp3) is 0.167. The van der Waals surface area contributed by atoms with Crippen molar-refractivity contribution >= 4 is 51.2 Å². The predicted molar refractivity (Wildman–Crippen MR) is 89.8 cm³/mol. The highest BCUT2D eigenvalue weighted by atomic mass is 35.5. The lowest BCUT2D eigenvalue weighted by atomic mass is 10.4. The molecular weight excluding hydrogens is 379 g/mol. The minimum absolute atomic E-state index is 0.0181. The SMILES string of the molecule is CCNc1nc(Cl)nc(NC(=O)NS(=O)(=O)c2ccccc2Cl)n1. The van der Waals surface area contributed by atoms with Crippen LogP contribution in [0.1, 0.15) is 6.92 Å². The van der Waals surface area contributed by atoms with Crippen LogP contribution in [0.5, 0.6) is 0 Å². The molecule has 0 radical (unpaired) electrons. The number of amides is 2. The molecule has 0 fully saturated rings. The lowest BCUT2D eigenvalue weighted by Gasteiger charge is -2.09. The van der Waals surface area contributed by atoms with Gasteiger partial charge in [-0.2, -0.15) is 15.0 Å². The van der Waals surface area contributed by atoms with Gasteiger partial charge in [0, 0.05) is 6.54 Å². The van der Waals surface area contributed by atoms with Gasteiger partial charge < -0.3 is 5.32 Å². The number of urea groups is 1. The second-order valence-corrected chi connectivity index (χ2v) is 6.67. The third-order valence-corrected chi connectivity index (χ3v) is 4.52. The summed E-state index contributed by atoms with van der Waals surface area (Å²) in [5.74, 6) is -0.0698. The Morgan fingerprint density at radius 3 is 2.46 bits per heavy atom. The van der Waals surface area contributed by atoms with Crippen LogP contribution in [-0.2, 0) is 10.0 Å². The molecule has 3 N–H and O–H groups in total. The van der Waals surface area contributed by atoms with Crippen molar-refractivity contribution in [1.29, 1.82) is 0 Å². The molecule has 128 valence electrons. The molecule has 12 heteroatoms. The van der Waals surface area contributed by atoms with E-state index in [-0.39, 0.29) is 27.1 Å². The Balaban J connectivity index is 2.15. The zero-order valence-electron chi connectivity index (χ0n) is 12.2. The van der Waals surface area contributed by atoms with Gasteiger partial charge >= 0.3 is 6.03 Å². The summed E-state index contributed by atoms with van der Waals surface area (Å²) in [6.07, 6.45) is 0. The Bertz CT molecular complexity index is 862. The predicted octanol–water partition coefficient (Wildman–Crippen LogP) is 2.12. The van der Waals surface area contributed by atoms with Gasteiger partial charge in [0.25, 0.3) is 10.0 Å². The third-order valence-electron chi connectivity index (χ3n) is 2.52. The molecule has 0 spiro atoms. The van der Waals surface area contributed by atoms with E-state index in [0.717, 1.165) is 0 Å². The average Bonchev–Trinajstić information content (AvgIpc) is 2.46. The maximum atomic E-state index is 12.1. The first-order chi connectivity index (χ1) is 11.3. The summed E-state index contributed by atoms with van der Waals surface area (Å²) in [5.41, 5.74) is 0. The van der Waals surface area contributed by atoms with Crippen molar-refractivity contribution in [2.24, 2.45) is 0 Å². The van der Waals surface area contributed by atoms with Gasteiger partial charge in [-0.1, -0.05) is 23.7 Å². The Labute approximate surface area is 147 Å². The highest BCUT2D eigenvalue weighted by Crippen LogP contribution is 2.20. The fourth-order valence-electron chi connectivity index (χ4n) is 1.61. The summed E-state index contributed by atoms with van der Waals surface area (Å²) in [6, 6.07) is 4.63. The monoisotopic (exact) mass is 390 g/mol. The normalized spacial score (nSPS) is 11.0. The van der Waals surface area contributed by atoms with Crippen molar-refractivity contribution in [1.82, 2.24) is 19.7 Å². The summed E-state index contributed by atoms with van der Waals surface area (Å²) in [7, 11) is -4.15. The number of nitrogens with one attached hydrogen (secondary N) is 3. The molecule has 9 nitrogen and oxygen atoms in total. The quantitative estimate of drug-likeness (QED) is 0.713. The minimum Gasteiger partial charge on any atom is -0.354 e. The molecule has 0 unspecified atom stereocenters. The second kappa shape index (κ2) is 7.60. The van der Waals surface area contributed by atoms with Crippen LogP contribution in [0.25, 0.3) is 0 Å². The second-order valence-electron chi connectivity index (χ2n) is 4.27. The van der Waals surface area contributed by atoms with E-state index in [2.05, 4.69) is 25.6 Å². The number of carbonyl (C=O) groups is 1. The summed E-state index contributed by atoms with van der Waals surface area (Å²) >= 11 is 11.5. The first-order valence-electron chi connectivity index (χ1n) is 6.55. The van der Waals surface area contributed by atoms with Gasteiger partial charge in [0.2, 0.25) is 17.2 Å². The van der Waals surface area contributed by atoms with E-state index >= 15 is 0 Å². The zero-order valence-corrected chi connectivity index (χ0v) is 14.6. The first kappa shape index (κ1) is 18.2. The molecule has 1 aromatic carbocycles. The average molecular weight is 391 g/mol. The largest absolute Gasteiger partial charge is 0.354 e. The molecule has 2 amide bonds. The van der Waals surface area contributed by atoms with E-state index in [1.54, 1.807) is 10.8 Å². The van der Waals surface area contributed by atoms with Crippen LogP contribution in [0.3, 0.4) is 0 Å². The van der Waals surface area contributed by atoms with E-state index in [1.165, 1.54) is 18.2 Å². The topological polar surface area (TPSA) is 126 Å². The van der Waals surface area contributed by atoms with E-state index in [9.17, 15) is 13.2 Å². The molecule has 0 aliphatic heterocycles. The van der Waals surface area contributed by atoms with E-state index < -0.39 is 16.1 Å². The van der Waals surface area contributed by atoms with Crippen molar-refractivity contribution < 1.29 is 13.2 Å². The van der Waals surface area contributed by atoms with Crippen LogP contribution in [-0.4, -0.2) is 35.9 Å². The first-order valence-corrected chi connectivity index (χ1v) is 8.79. The number of rotatable bonds is 5. The number of carbonyl (C=O) groups excluding carboxylic acids is 1. The molecule has 0 aliphatic rings. The third kappa shape index (κ3) is 4.66. The number of hydrogen-bond acceptors (Lipinski definition) is 7. The van der Waals surface area contributed by atoms with E-state index in [1.807, 2.05) is 6.92 Å². The summed E-state index contributed by atoms with van der Waals surface area (Å²) in [5, 5.41) is 4.78. The smallest absolute Gasteiger partial charge is 0.335 e. The van der Waals surface area contributed by atoms with Crippen LogP contribution < -0.4 is 15.4 Å². The molecule has 0 aliphatic carbocycles. The minimum atomic E-state index is -4.15. The van der Waals surface area contributed by atoms with Crippen LogP contribution >= 0.6 is 23.2 Å². The summed E-state index contributed by atoms with van der Waals surface area (Å²) in [6.45, 7) is 2.33. The number of nitrogens with zero attached hydrogens (tertiary/aromatic N) is 3. The number of benzene rings is 1. The van der Waals surface area contributed by atoms with Gasteiger partial charge in [0.15, 0.2) is 0 Å². The van der Waals surface area contributed by atoms with Gasteiger partial charge in [-0.05, 0) is 30.7 Å². The molecule has 24 heavy (non-hydrogen) atoms. The van der Waals surface area contributed by atoms with Gasteiger partial charge in [-0.3, -0.25) is 5.32 Å². The number of halogens is 2. The van der Waals surface area contributed by atoms with E-state index in [4.69, 9.17) is 23.2 Å². The molecule has 1 heterocycles. The van der Waals surface area contributed by atoms with Gasteiger partial charge in [-0.15, -0.1) is 0 Å². The highest BCUT2D eigenvalue weighted by molar-refractivity contribution is 7.90. The van der Waals surface area contributed by atoms with Crippen molar-refractivity contribution in [3.63, 3.8) is 0 Å². The molecule has 0 saturated heterocycles. The fourth-order valence-corrected chi connectivity index (χ4v) is 3.20. The van der Waals surface area contributed by atoms with Crippen molar-refractivity contribution in [2.45, 2.75) is 11.8 Å². The number of anilines is 2. The maximum Gasteiger partial charge on any atom is 0.335 e. The number of hydrogen-bond donors (Lipinski definition) is 3. The maximum absolute atomic E-state index is 12.1. The molecular formula is C12H12Cl2N6O3S. The van der Waals surface area contributed by atoms with Crippen LogP contribution in [0, 0.1) is 0 Å². The van der Waals surface area contributed by atoms with Crippen molar-refractivity contribution in [3.8, 4) is 0 Å². The standard InChI is InChI=1S/C12H12Cl2N6O3S/c1-2-15-10-16-9(14)17-11(18-10)19-12(21)20-24(22,23)8-6-4-3-5-7(8)13/h3-6H,2H2,1H3,(H3,15,16,17,18,19,20,21). The summed E-state index contributed by atoms with van der Waals surface area (Å²) in [4.78, 5) is 23.0. The lowest BCUT2D eigenvalue weighted by Crippen LogP contribution is -2.35. The molecule has 2 rings (SSSR count). The Hall–Kier alpha value is -2.17. The van der Waals surface area contributed by atoms with Gasteiger partial charge in [0.1, 0.15) is 4.90 Å². The molecule has 0 bridgehead atoms. The summed E-state index contributed by atoms with van der Waals surface area (Å²) < 4.78 is 26.1. The van der Waals surface area contributed by atoms with E-state index in [0.29, 0.717) is 6.54 Å². The molecule has 0 atom stereocenters.